The van der Waals surface area contributed by atoms with Gasteiger partial charge < -0.3 is 14.5 Å². The molecule has 2 aromatic heterocycles. The maximum Gasteiger partial charge on any atom is 0.355 e. The smallest absolute Gasteiger partial charge is 0.355 e. The quantitative estimate of drug-likeness (QED) is 0.150. The van der Waals surface area contributed by atoms with Crippen LogP contribution in [-0.4, -0.2) is 71.7 Å². The highest BCUT2D eigenvalue weighted by Gasteiger charge is 2.34. The average molecular weight is 678 g/mol. The van der Waals surface area contributed by atoms with Crippen molar-refractivity contribution in [1.29, 1.82) is 0 Å². The summed E-state index contributed by atoms with van der Waals surface area (Å²) in [4.78, 5) is 50.9. The fourth-order valence-electron chi connectivity index (χ4n) is 6.12. The number of esters is 1. The molecule has 14 heteroatoms. The Hall–Kier alpha value is -4.98. The molecule has 0 radical (unpaired) electrons. The number of anilines is 1. The molecule has 48 heavy (non-hydrogen) atoms. The average Bonchev–Trinajstić information content (AvgIpc) is 3.89. The van der Waals surface area contributed by atoms with Crippen LogP contribution in [0.1, 0.15) is 44.6 Å². The van der Waals surface area contributed by atoms with Crippen molar-refractivity contribution in [2.45, 2.75) is 50.0 Å². The van der Waals surface area contributed by atoms with Crippen molar-refractivity contribution in [3.05, 3.63) is 82.8 Å². The standard InChI is InChI=1S/C34H33F2N5O6S/c1-5-27(42)39-15-16-40(19(3)18-39)32-22-17-24(36)30(29-23(35)10-8-11-25(29)47-28(43)6-2)37-33(22)41(34(44)38-32)31-21(20-13-14-20)9-7-12-26(31)48(4,45)46/h5,7-12,17,19-20H,1,6,13-16,18H2,2-4H3/t19-/m0/s1. The number of amides is 1. The van der Waals surface area contributed by atoms with Gasteiger partial charge in [-0.15, -0.1) is 0 Å². The molecule has 0 spiro atoms. The molecule has 1 aliphatic heterocycles. The van der Waals surface area contributed by atoms with Crippen LogP contribution in [0.4, 0.5) is 14.6 Å². The molecule has 0 unspecified atom stereocenters. The number of hydrogen-bond acceptors (Lipinski definition) is 9. The second-order valence-corrected chi connectivity index (χ2v) is 13.9. The van der Waals surface area contributed by atoms with Crippen LogP contribution >= 0.6 is 0 Å². The van der Waals surface area contributed by atoms with Gasteiger partial charge in [0.2, 0.25) is 5.91 Å². The summed E-state index contributed by atoms with van der Waals surface area (Å²) in [6.07, 6.45) is 3.73. The molecule has 2 aliphatic rings. The van der Waals surface area contributed by atoms with Gasteiger partial charge in [0.15, 0.2) is 21.3 Å². The minimum absolute atomic E-state index is 0.0335. The number of benzene rings is 2. The highest BCUT2D eigenvalue weighted by molar-refractivity contribution is 7.90. The summed E-state index contributed by atoms with van der Waals surface area (Å²) in [5.74, 6) is -3.13. The summed E-state index contributed by atoms with van der Waals surface area (Å²) < 4.78 is 64.5. The van der Waals surface area contributed by atoms with E-state index in [9.17, 15) is 22.8 Å². The van der Waals surface area contributed by atoms with E-state index < -0.39 is 44.4 Å². The van der Waals surface area contributed by atoms with Gasteiger partial charge in [0.25, 0.3) is 0 Å². The van der Waals surface area contributed by atoms with Gasteiger partial charge >= 0.3 is 11.7 Å². The highest BCUT2D eigenvalue weighted by atomic mass is 32.2. The summed E-state index contributed by atoms with van der Waals surface area (Å²) in [6, 6.07) is 9.06. The van der Waals surface area contributed by atoms with Gasteiger partial charge in [-0.2, -0.15) is 4.98 Å². The minimum atomic E-state index is -3.91. The van der Waals surface area contributed by atoms with E-state index in [1.54, 1.807) is 28.9 Å². The van der Waals surface area contributed by atoms with E-state index in [1.165, 1.54) is 24.3 Å². The Morgan fingerprint density at radius 3 is 2.46 bits per heavy atom. The van der Waals surface area contributed by atoms with Gasteiger partial charge in [-0.25, -0.2) is 31.5 Å². The minimum Gasteiger partial charge on any atom is -0.426 e. The monoisotopic (exact) mass is 677 g/mol. The summed E-state index contributed by atoms with van der Waals surface area (Å²) in [7, 11) is -3.91. The number of ether oxygens (including phenoxy) is 1. The third-order valence-electron chi connectivity index (χ3n) is 8.58. The Labute approximate surface area is 275 Å². The molecule has 2 fully saturated rings. The van der Waals surface area contributed by atoms with Crippen LogP contribution in [0.5, 0.6) is 5.75 Å². The van der Waals surface area contributed by atoms with E-state index in [-0.39, 0.29) is 77.1 Å². The summed E-state index contributed by atoms with van der Waals surface area (Å²) in [5, 5.41) is 0.0553. The Kier molecular flexibility index (Phi) is 8.62. The first-order valence-corrected chi connectivity index (χ1v) is 17.4. The first-order valence-electron chi connectivity index (χ1n) is 15.5. The van der Waals surface area contributed by atoms with Crippen LogP contribution in [0.15, 0.2) is 64.8 Å². The number of nitrogens with zero attached hydrogens (tertiary/aromatic N) is 5. The van der Waals surface area contributed by atoms with Gasteiger partial charge in [0, 0.05) is 38.4 Å². The molecule has 3 heterocycles. The third-order valence-corrected chi connectivity index (χ3v) is 9.71. The fraction of sp³-hybridized carbons (Fsp3) is 0.324. The van der Waals surface area contributed by atoms with Crippen LogP contribution in [-0.2, 0) is 19.4 Å². The lowest BCUT2D eigenvalue weighted by Gasteiger charge is -2.40. The highest BCUT2D eigenvalue weighted by Crippen LogP contribution is 2.45. The number of carbonyl (C=O) groups is 2. The van der Waals surface area contributed by atoms with E-state index in [2.05, 4.69) is 16.5 Å². The van der Waals surface area contributed by atoms with Crippen LogP contribution in [0, 0.1) is 11.6 Å². The summed E-state index contributed by atoms with van der Waals surface area (Å²) in [5.41, 5.74) is -1.43. The number of para-hydroxylation sites is 1. The van der Waals surface area contributed by atoms with E-state index in [0.717, 1.165) is 35.8 Å². The van der Waals surface area contributed by atoms with Gasteiger partial charge in [0.1, 0.15) is 23.1 Å². The fourth-order valence-corrected chi connectivity index (χ4v) is 7.00. The predicted octanol–water partition coefficient (Wildman–Crippen LogP) is 4.55. The molecule has 0 bridgehead atoms. The number of pyridine rings is 1. The van der Waals surface area contributed by atoms with Crippen LogP contribution in [0.25, 0.3) is 28.0 Å². The SMILES string of the molecule is C=CC(=O)N1CCN(c2nc(=O)n(-c3c(C4CC4)cccc3S(C)(=O)=O)c3nc(-c4c(F)cccc4OC(=O)CC)c(F)cc23)[C@@H](C)C1. The summed E-state index contributed by atoms with van der Waals surface area (Å²) >= 11 is 0. The number of carbonyl (C=O) groups excluding carboxylic acids is 2. The zero-order valence-electron chi connectivity index (χ0n) is 26.6. The number of sulfone groups is 1. The van der Waals surface area contributed by atoms with E-state index >= 15 is 8.78 Å². The number of halogens is 2. The maximum absolute atomic E-state index is 16.3. The third kappa shape index (κ3) is 5.96. The molecule has 1 amide bonds. The van der Waals surface area contributed by atoms with Crippen molar-refractivity contribution in [3.8, 4) is 22.7 Å². The molecule has 1 atom stereocenters. The second kappa shape index (κ2) is 12.6. The molecule has 250 valence electrons. The first-order chi connectivity index (χ1) is 22.8. The number of fused-ring (bicyclic) bond motifs is 1. The molecule has 11 nitrogen and oxygen atoms in total. The Morgan fingerprint density at radius 2 is 1.81 bits per heavy atom. The van der Waals surface area contributed by atoms with Gasteiger partial charge in [-0.1, -0.05) is 31.7 Å². The van der Waals surface area contributed by atoms with Crippen molar-refractivity contribution in [1.82, 2.24) is 19.4 Å². The van der Waals surface area contributed by atoms with Crippen molar-refractivity contribution in [3.63, 3.8) is 0 Å². The predicted molar refractivity (Wildman–Crippen MR) is 175 cm³/mol. The molecular formula is C34H33F2N5O6S. The molecule has 0 N–H and O–H groups in total. The van der Waals surface area contributed by atoms with E-state index in [1.807, 2.05) is 6.92 Å². The number of hydrogen-bond donors (Lipinski definition) is 0. The summed E-state index contributed by atoms with van der Waals surface area (Å²) in [6.45, 7) is 7.66. The van der Waals surface area contributed by atoms with Crippen molar-refractivity contribution in [2.75, 3.05) is 30.8 Å². The maximum atomic E-state index is 16.3. The van der Waals surface area contributed by atoms with Crippen LogP contribution in [0.3, 0.4) is 0 Å². The lowest BCUT2D eigenvalue weighted by molar-refractivity contribution is -0.134. The zero-order chi connectivity index (χ0) is 34.5. The van der Waals surface area contributed by atoms with E-state index in [4.69, 9.17) is 4.74 Å². The van der Waals surface area contributed by atoms with Crippen molar-refractivity contribution >= 4 is 38.6 Å². The van der Waals surface area contributed by atoms with Crippen LogP contribution < -0.4 is 15.3 Å². The Bertz CT molecular complexity index is 2170. The van der Waals surface area contributed by atoms with Gasteiger partial charge in [0.05, 0.1) is 21.5 Å². The molecular weight excluding hydrogens is 644 g/mol. The largest absolute Gasteiger partial charge is 0.426 e. The normalized spacial score (nSPS) is 16.6. The second-order valence-electron chi connectivity index (χ2n) is 12.0. The van der Waals surface area contributed by atoms with Crippen LogP contribution in [0.2, 0.25) is 0 Å². The molecule has 1 saturated heterocycles. The van der Waals surface area contributed by atoms with E-state index in [0.29, 0.717) is 5.56 Å². The number of piperazine rings is 1. The Morgan fingerprint density at radius 1 is 1.08 bits per heavy atom. The lowest BCUT2D eigenvalue weighted by atomic mass is 10.1. The lowest BCUT2D eigenvalue weighted by Crippen LogP contribution is -2.54. The van der Waals surface area contributed by atoms with Crippen molar-refractivity contribution < 1.29 is 31.5 Å². The number of aromatic nitrogens is 3. The molecule has 2 aromatic carbocycles. The van der Waals surface area contributed by atoms with Crippen molar-refractivity contribution in [2.24, 2.45) is 0 Å². The molecule has 1 aliphatic carbocycles. The topological polar surface area (TPSA) is 132 Å². The first kappa shape index (κ1) is 32.9. The van der Waals surface area contributed by atoms with Gasteiger partial charge in [-0.05, 0) is 61.6 Å². The molecule has 1 saturated carbocycles. The Balaban J connectivity index is 1.68. The zero-order valence-corrected chi connectivity index (χ0v) is 27.4. The molecule has 6 rings (SSSR count). The number of rotatable bonds is 8. The van der Waals surface area contributed by atoms with Gasteiger partial charge in [-0.3, -0.25) is 9.59 Å². The molecule has 4 aromatic rings.